The second kappa shape index (κ2) is 5.34. The minimum absolute atomic E-state index is 0.344. The lowest BCUT2D eigenvalue weighted by molar-refractivity contribution is 0.430. The first kappa shape index (κ1) is 12.3. The molecule has 0 aliphatic carbocycles. The molecule has 2 N–H and O–H groups in total. The standard InChI is InChI=1S/C10H15N3S2/c1-12(2)13(10(11)14)8-4-6-9(15-3)7-5-8/h4-7H,1-3H3,(H2,11,14). The molecule has 0 saturated heterocycles. The van der Waals surface area contributed by atoms with Gasteiger partial charge in [-0.2, -0.15) is 0 Å². The lowest BCUT2D eigenvalue weighted by Gasteiger charge is -2.29. The first-order valence-electron chi connectivity index (χ1n) is 4.47. The maximum absolute atomic E-state index is 5.65. The van der Waals surface area contributed by atoms with Crippen LogP contribution in [0.15, 0.2) is 29.2 Å². The van der Waals surface area contributed by atoms with E-state index in [2.05, 4.69) is 12.1 Å². The van der Waals surface area contributed by atoms with Crippen molar-refractivity contribution in [3.05, 3.63) is 24.3 Å². The van der Waals surface area contributed by atoms with Crippen molar-refractivity contribution in [2.75, 3.05) is 25.4 Å². The van der Waals surface area contributed by atoms with Gasteiger partial charge in [-0.05, 0) is 42.7 Å². The van der Waals surface area contributed by atoms with Crippen LogP contribution in [0.3, 0.4) is 0 Å². The van der Waals surface area contributed by atoms with E-state index in [1.165, 1.54) is 4.90 Å². The first-order valence-corrected chi connectivity index (χ1v) is 6.10. The zero-order valence-electron chi connectivity index (χ0n) is 9.10. The Labute approximate surface area is 100 Å². The molecule has 0 aliphatic heterocycles. The maximum atomic E-state index is 5.65. The summed E-state index contributed by atoms with van der Waals surface area (Å²) >= 11 is 6.70. The highest BCUT2D eigenvalue weighted by atomic mass is 32.2. The predicted octanol–water partition coefficient (Wildman–Crippen LogP) is 1.94. The highest BCUT2D eigenvalue weighted by molar-refractivity contribution is 7.98. The van der Waals surface area contributed by atoms with Gasteiger partial charge in [0.15, 0.2) is 5.11 Å². The lowest BCUT2D eigenvalue weighted by Crippen LogP contribution is -2.45. The number of anilines is 1. The Morgan fingerprint density at radius 2 is 1.80 bits per heavy atom. The van der Waals surface area contributed by atoms with Crippen molar-refractivity contribution in [3.8, 4) is 0 Å². The van der Waals surface area contributed by atoms with Crippen molar-refractivity contribution in [1.29, 1.82) is 0 Å². The van der Waals surface area contributed by atoms with Crippen LogP contribution >= 0.6 is 24.0 Å². The molecule has 0 fully saturated rings. The summed E-state index contributed by atoms with van der Waals surface area (Å²) in [6, 6.07) is 8.11. The fourth-order valence-electron chi connectivity index (χ4n) is 1.28. The van der Waals surface area contributed by atoms with Gasteiger partial charge in [-0.1, -0.05) is 0 Å². The van der Waals surface area contributed by atoms with E-state index in [4.69, 9.17) is 18.0 Å². The summed E-state index contributed by atoms with van der Waals surface area (Å²) in [5.41, 5.74) is 6.63. The molecule has 0 heterocycles. The Morgan fingerprint density at radius 1 is 1.27 bits per heavy atom. The molecule has 0 unspecified atom stereocenters. The number of hydrogen-bond donors (Lipinski definition) is 1. The number of thiocarbonyl (C=S) groups is 1. The van der Waals surface area contributed by atoms with Gasteiger partial charge in [0.1, 0.15) is 0 Å². The summed E-state index contributed by atoms with van der Waals surface area (Å²) in [5, 5.41) is 3.98. The number of hydrogen-bond acceptors (Lipinski definition) is 3. The Hall–Kier alpha value is -0.780. The van der Waals surface area contributed by atoms with E-state index in [-0.39, 0.29) is 0 Å². The molecular formula is C10H15N3S2. The van der Waals surface area contributed by atoms with Crippen LogP contribution in [0.2, 0.25) is 0 Å². The van der Waals surface area contributed by atoms with Crippen molar-refractivity contribution < 1.29 is 0 Å². The molecule has 0 radical (unpaired) electrons. The molecule has 0 spiro atoms. The van der Waals surface area contributed by atoms with Gasteiger partial charge in [-0.25, -0.2) is 5.01 Å². The molecule has 15 heavy (non-hydrogen) atoms. The van der Waals surface area contributed by atoms with Gasteiger partial charge >= 0.3 is 0 Å². The molecule has 0 aliphatic rings. The quantitative estimate of drug-likeness (QED) is 0.497. The Balaban J connectivity index is 2.97. The number of thioether (sulfide) groups is 1. The van der Waals surface area contributed by atoms with E-state index in [1.807, 2.05) is 37.5 Å². The minimum atomic E-state index is 0.344. The molecule has 1 aromatic carbocycles. The number of benzene rings is 1. The summed E-state index contributed by atoms with van der Waals surface area (Å²) < 4.78 is 0. The van der Waals surface area contributed by atoms with Gasteiger partial charge in [0.05, 0.1) is 5.69 Å². The van der Waals surface area contributed by atoms with Crippen LogP contribution < -0.4 is 10.7 Å². The van der Waals surface area contributed by atoms with Crippen LogP contribution in [0, 0.1) is 0 Å². The largest absolute Gasteiger partial charge is 0.375 e. The third kappa shape index (κ3) is 3.09. The smallest absolute Gasteiger partial charge is 0.185 e. The number of rotatable bonds is 3. The fourth-order valence-corrected chi connectivity index (χ4v) is 1.96. The van der Waals surface area contributed by atoms with Gasteiger partial charge in [0.25, 0.3) is 0 Å². The third-order valence-electron chi connectivity index (χ3n) is 1.93. The summed E-state index contributed by atoms with van der Waals surface area (Å²) in [7, 11) is 3.81. The number of nitrogens with two attached hydrogens (primary N) is 1. The average molecular weight is 241 g/mol. The van der Waals surface area contributed by atoms with Crippen LogP contribution in [0.5, 0.6) is 0 Å². The van der Waals surface area contributed by atoms with Crippen molar-refractivity contribution in [1.82, 2.24) is 5.01 Å². The molecule has 0 saturated carbocycles. The Kier molecular flexibility index (Phi) is 4.38. The van der Waals surface area contributed by atoms with Crippen LogP contribution in [0.1, 0.15) is 0 Å². The van der Waals surface area contributed by atoms with Crippen molar-refractivity contribution >= 4 is 34.8 Å². The second-order valence-electron chi connectivity index (χ2n) is 3.20. The SMILES string of the molecule is CSc1ccc(N(C(N)=S)N(C)C)cc1. The zero-order valence-corrected chi connectivity index (χ0v) is 10.7. The predicted molar refractivity (Wildman–Crippen MR) is 71.2 cm³/mol. The normalized spacial score (nSPS) is 10.4. The van der Waals surface area contributed by atoms with Crippen molar-refractivity contribution in [3.63, 3.8) is 0 Å². The Morgan fingerprint density at radius 3 is 2.13 bits per heavy atom. The van der Waals surface area contributed by atoms with Gasteiger partial charge < -0.3 is 5.73 Å². The van der Waals surface area contributed by atoms with Gasteiger partial charge in [0, 0.05) is 19.0 Å². The van der Waals surface area contributed by atoms with E-state index in [1.54, 1.807) is 16.8 Å². The van der Waals surface area contributed by atoms with E-state index in [9.17, 15) is 0 Å². The maximum Gasteiger partial charge on any atom is 0.185 e. The summed E-state index contributed by atoms with van der Waals surface area (Å²) in [6.45, 7) is 0. The van der Waals surface area contributed by atoms with Gasteiger partial charge in [0.2, 0.25) is 0 Å². The van der Waals surface area contributed by atoms with Crippen LogP contribution in [-0.2, 0) is 0 Å². The molecule has 5 heteroatoms. The van der Waals surface area contributed by atoms with Gasteiger partial charge in [-0.15, -0.1) is 11.8 Å². The molecule has 0 bridgehead atoms. The topological polar surface area (TPSA) is 32.5 Å². The molecule has 0 aromatic heterocycles. The molecule has 3 nitrogen and oxygen atoms in total. The first-order chi connectivity index (χ1) is 7.06. The summed E-state index contributed by atoms with van der Waals surface area (Å²) in [6.07, 6.45) is 2.05. The van der Waals surface area contributed by atoms with Crippen LogP contribution in [0.4, 0.5) is 5.69 Å². The monoisotopic (exact) mass is 241 g/mol. The van der Waals surface area contributed by atoms with E-state index < -0.39 is 0 Å². The van der Waals surface area contributed by atoms with Gasteiger partial charge in [-0.3, -0.25) is 5.01 Å². The zero-order chi connectivity index (χ0) is 11.4. The van der Waals surface area contributed by atoms with E-state index in [0.717, 1.165) is 5.69 Å². The molecule has 1 rings (SSSR count). The Bertz CT molecular complexity index is 335. The molecular weight excluding hydrogens is 226 g/mol. The lowest BCUT2D eigenvalue weighted by atomic mass is 10.3. The summed E-state index contributed by atoms with van der Waals surface area (Å²) in [4.78, 5) is 1.22. The van der Waals surface area contributed by atoms with Crippen molar-refractivity contribution in [2.24, 2.45) is 5.73 Å². The van der Waals surface area contributed by atoms with E-state index in [0.29, 0.717) is 5.11 Å². The summed E-state index contributed by atoms with van der Waals surface area (Å²) in [5.74, 6) is 0. The minimum Gasteiger partial charge on any atom is -0.375 e. The molecule has 0 atom stereocenters. The van der Waals surface area contributed by atoms with E-state index >= 15 is 0 Å². The van der Waals surface area contributed by atoms with Crippen molar-refractivity contribution in [2.45, 2.75) is 4.90 Å². The average Bonchev–Trinajstić information content (AvgIpc) is 2.18. The fraction of sp³-hybridized carbons (Fsp3) is 0.300. The molecule has 82 valence electrons. The molecule has 1 aromatic rings. The highest BCUT2D eigenvalue weighted by Gasteiger charge is 2.11. The molecule has 0 amide bonds. The second-order valence-corrected chi connectivity index (χ2v) is 4.49. The number of nitrogens with zero attached hydrogens (tertiary/aromatic N) is 2. The highest BCUT2D eigenvalue weighted by Crippen LogP contribution is 2.20. The van der Waals surface area contributed by atoms with Crippen LogP contribution in [-0.4, -0.2) is 30.5 Å². The third-order valence-corrected chi connectivity index (χ3v) is 2.84. The van der Waals surface area contributed by atoms with Crippen LogP contribution in [0.25, 0.3) is 0 Å². The number of hydrazine groups is 1.